The van der Waals surface area contributed by atoms with Crippen molar-refractivity contribution in [1.29, 1.82) is 0 Å². The van der Waals surface area contributed by atoms with Gasteiger partial charge in [-0.25, -0.2) is 0 Å². The van der Waals surface area contributed by atoms with Crippen molar-refractivity contribution in [1.82, 2.24) is 10.5 Å². The van der Waals surface area contributed by atoms with Gasteiger partial charge in [0.05, 0.1) is 18.4 Å². The minimum Gasteiger partial charge on any atom is -0.493 e. The Morgan fingerprint density at radius 1 is 1.21 bits per heavy atom. The molecule has 1 heterocycles. The lowest BCUT2D eigenvalue weighted by molar-refractivity contribution is 0.281. The highest BCUT2D eigenvalue weighted by Crippen LogP contribution is 2.29. The predicted octanol–water partition coefficient (Wildman–Crippen LogP) is 4.01. The van der Waals surface area contributed by atoms with Crippen LogP contribution in [0, 0.1) is 19.8 Å². The summed E-state index contributed by atoms with van der Waals surface area (Å²) in [6.07, 6.45) is 1.18. The second-order valence-corrected chi connectivity index (χ2v) is 6.44. The molecule has 1 N–H and O–H groups in total. The van der Waals surface area contributed by atoms with Crippen LogP contribution in [0.25, 0.3) is 0 Å². The second kappa shape index (κ2) is 8.73. The molecule has 5 nitrogen and oxygen atoms in total. The van der Waals surface area contributed by atoms with E-state index < -0.39 is 0 Å². The minimum atomic E-state index is 0.420. The quantitative estimate of drug-likeness (QED) is 0.703. The van der Waals surface area contributed by atoms with E-state index in [9.17, 15) is 0 Å². The van der Waals surface area contributed by atoms with Crippen LogP contribution >= 0.6 is 0 Å². The van der Waals surface area contributed by atoms with Crippen molar-refractivity contribution in [2.75, 3.05) is 13.7 Å². The Bertz CT molecular complexity index is 631. The number of hydrogen-bond donors (Lipinski definition) is 1. The summed E-state index contributed by atoms with van der Waals surface area (Å²) in [6.45, 7) is 10.5. The van der Waals surface area contributed by atoms with Crippen LogP contribution in [0.4, 0.5) is 0 Å². The number of hydrogen-bond acceptors (Lipinski definition) is 5. The van der Waals surface area contributed by atoms with Gasteiger partial charge in [-0.2, -0.15) is 0 Å². The summed E-state index contributed by atoms with van der Waals surface area (Å²) in [4.78, 5) is 0. The van der Waals surface area contributed by atoms with Gasteiger partial charge in [0, 0.05) is 6.54 Å². The van der Waals surface area contributed by atoms with E-state index in [1.165, 1.54) is 12.0 Å². The number of nitrogens with one attached hydrogen (secondary N) is 1. The molecule has 0 aliphatic carbocycles. The van der Waals surface area contributed by atoms with Crippen LogP contribution in [0.1, 0.15) is 42.8 Å². The Morgan fingerprint density at radius 3 is 2.62 bits per heavy atom. The van der Waals surface area contributed by atoms with Gasteiger partial charge in [0.1, 0.15) is 12.4 Å². The third kappa shape index (κ3) is 4.99. The van der Waals surface area contributed by atoms with Crippen LogP contribution < -0.4 is 14.8 Å². The molecule has 0 radical (unpaired) electrons. The first kappa shape index (κ1) is 18.3. The van der Waals surface area contributed by atoms with Gasteiger partial charge >= 0.3 is 0 Å². The van der Waals surface area contributed by atoms with Crippen LogP contribution in [0.2, 0.25) is 0 Å². The molecular weight excluding hydrogens is 304 g/mol. The monoisotopic (exact) mass is 332 g/mol. The molecule has 1 aromatic carbocycles. The van der Waals surface area contributed by atoms with Gasteiger partial charge in [-0.15, -0.1) is 0 Å². The van der Waals surface area contributed by atoms with E-state index >= 15 is 0 Å². The van der Waals surface area contributed by atoms with Crippen LogP contribution in [0.3, 0.4) is 0 Å². The fourth-order valence-electron chi connectivity index (χ4n) is 2.42. The number of methoxy groups -OCH3 is 1. The summed E-state index contributed by atoms with van der Waals surface area (Å²) in [7, 11) is 1.66. The Kier molecular flexibility index (Phi) is 6.67. The molecule has 0 amide bonds. The fourth-order valence-corrected chi connectivity index (χ4v) is 2.42. The summed E-state index contributed by atoms with van der Waals surface area (Å²) in [5.74, 6) is 2.97. The van der Waals surface area contributed by atoms with E-state index in [-0.39, 0.29) is 0 Å². The van der Waals surface area contributed by atoms with Crippen LogP contribution in [0.15, 0.2) is 22.7 Å². The van der Waals surface area contributed by atoms with Crippen molar-refractivity contribution < 1.29 is 14.0 Å². The molecule has 2 rings (SSSR count). The second-order valence-electron chi connectivity index (χ2n) is 6.44. The van der Waals surface area contributed by atoms with Gasteiger partial charge in [-0.1, -0.05) is 25.1 Å². The molecule has 0 spiro atoms. The zero-order valence-electron chi connectivity index (χ0n) is 15.3. The Balaban J connectivity index is 1.96. The maximum Gasteiger partial charge on any atom is 0.161 e. The van der Waals surface area contributed by atoms with E-state index in [4.69, 9.17) is 14.0 Å². The normalized spacial score (nSPS) is 11.1. The molecule has 0 atom stereocenters. The predicted molar refractivity (Wildman–Crippen MR) is 94.5 cm³/mol. The van der Waals surface area contributed by atoms with Crippen molar-refractivity contribution >= 4 is 0 Å². The first-order valence-electron chi connectivity index (χ1n) is 8.43. The molecule has 1 aromatic heterocycles. The summed E-state index contributed by atoms with van der Waals surface area (Å²) in [6, 6.07) is 6.04. The Morgan fingerprint density at radius 2 is 2.00 bits per heavy atom. The number of rotatable bonds is 9. The number of nitrogens with zero attached hydrogens (tertiary/aromatic N) is 1. The number of ether oxygens (including phenoxy) is 2. The number of aromatic nitrogens is 1. The molecule has 0 saturated carbocycles. The number of benzene rings is 1. The maximum atomic E-state index is 5.90. The van der Waals surface area contributed by atoms with E-state index in [1.807, 2.05) is 26.0 Å². The highest BCUT2D eigenvalue weighted by molar-refractivity contribution is 5.43. The molecule has 2 aromatic rings. The van der Waals surface area contributed by atoms with Crippen molar-refractivity contribution in [2.45, 2.75) is 47.3 Å². The average molecular weight is 332 g/mol. The molecule has 5 heteroatoms. The molecule has 0 aliphatic rings. The zero-order chi connectivity index (χ0) is 17.5. The van der Waals surface area contributed by atoms with E-state index in [0.717, 1.165) is 41.6 Å². The lowest BCUT2D eigenvalue weighted by Gasteiger charge is -2.13. The lowest BCUT2D eigenvalue weighted by Crippen LogP contribution is -2.16. The number of aryl methyl sites for hydroxylation is 2. The lowest BCUT2D eigenvalue weighted by atomic mass is 10.1. The van der Waals surface area contributed by atoms with E-state index in [1.54, 1.807) is 7.11 Å². The molecule has 0 bridgehead atoms. The van der Waals surface area contributed by atoms with Gasteiger partial charge in [-0.3, -0.25) is 0 Å². The van der Waals surface area contributed by atoms with Crippen molar-refractivity contribution in [3.05, 3.63) is 40.8 Å². The molecular formula is C19H28N2O3. The van der Waals surface area contributed by atoms with Crippen molar-refractivity contribution in [2.24, 2.45) is 5.92 Å². The summed E-state index contributed by atoms with van der Waals surface area (Å²) < 4.78 is 16.5. The standard InChI is InChI=1S/C19H28N2O3/c1-13(2)8-9-20-11-16-6-7-18(19(10-16)22-5)23-12-17-14(3)21-24-15(17)4/h6-7,10,13,20H,8-9,11-12H2,1-5H3. The molecule has 0 saturated heterocycles. The average Bonchev–Trinajstić information content (AvgIpc) is 2.88. The summed E-state index contributed by atoms with van der Waals surface area (Å²) in [5, 5.41) is 7.40. The van der Waals surface area contributed by atoms with Gasteiger partial charge in [0.2, 0.25) is 0 Å². The van der Waals surface area contributed by atoms with E-state index in [0.29, 0.717) is 12.5 Å². The molecule has 132 valence electrons. The zero-order valence-corrected chi connectivity index (χ0v) is 15.3. The van der Waals surface area contributed by atoms with Crippen LogP contribution in [0.5, 0.6) is 11.5 Å². The highest BCUT2D eigenvalue weighted by atomic mass is 16.5. The summed E-state index contributed by atoms with van der Waals surface area (Å²) in [5.41, 5.74) is 3.02. The first-order chi connectivity index (χ1) is 11.5. The Labute approximate surface area is 144 Å². The van der Waals surface area contributed by atoms with Crippen molar-refractivity contribution in [3.8, 4) is 11.5 Å². The minimum absolute atomic E-state index is 0.420. The Hall–Kier alpha value is -2.01. The van der Waals surface area contributed by atoms with Gasteiger partial charge in [0.25, 0.3) is 0 Å². The topological polar surface area (TPSA) is 56.5 Å². The van der Waals surface area contributed by atoms with E-state index in [2.05, 4.69) is 30.4 Å². The van der Waals surface area contributed by atoms with Crippen LogP contribution in [-0.4, -0.2) is 18.8 Å². The highest BCUT2D eigenvalue weighted by Gasteiger charge is 2.12. The largest absolute Gasteiger partial charge is 0.493 e. The molecule has 0 fully saturated rings. The molecule has 24 heavy (non-hydrogen) atoms. The SMILES string of the molecule is COc1cc(CNCCC(C)C)ccc1OCc1c(C)noc1C. The van der Waals surface area contributed by atoms with Gasteiger partial charge in [0.15, 0.2) is 11.5 Å². The third-order valence-electron chi connectivity index (χ3n) is 4.01. The van der Waals surface area contributed by atoms with Crippen molar-refractivity contribution in [3.63, 3.8) is 0 Å². The first-order valence-corrected chi connectivity index (χ1v) is 8.43. The maximum absolute atomic E-state index is 5.90. The third-order valence-corrected chi connectivity index (χ3v) is 4.01. The molecule has 0 unspecified atom stereocenters. The molecule has 0 aliphatic heterocycles. The summed E-state index contributed by atoms with van der Waals surface area (Å²) >= 11 is 0. The smallest absolute Gasteiger partial charge is 0.161 e. The van der Waals surface area contributed by atoms with Gasteiger partial charge < -0.3 is 19.3 Å². The van der Waals surface area contributed by atoms with Crippen LogP contribution in [-0.2, 0) is 13.2 Å². The fraction of sp³-hybridized carbons (Fsp3) is 0.526. The van der Waals surface area contributed by atoms with Gasteiger partial charge in [-0.05, 0) is 50.4 Å².